The van der Waals surface area contributed by atoms with Crippen molar-refractivity contribution in [3.63, 3.8) is 0 Å². The van der Waals surface area contributed by atoms with E-state index in [0.717, 1.165) is 55.0 Å². The first-order valence-electron chi connectivity index (χ1n) is 18.2. The third kappa shape index (κ3) is 4.05. The second kappa shape index (κ2) is 10.7. The van der Waals surface area contributed by atoms with Gasteiger partial charge in [0.2, 0.25) is 0 Å². The molecule has 0 saturated heterocycles. The van der Waals surface area contributed by atoms with Crippen molar-refractivity contribution < 1.29 is 0 Å². The number of hydrogen-bond donors (Lipinski definition) is 0. The molecule has 0 radical (unpaired) electrons. The summed E-state index contributed by atoms with van der Waals surface area (Å²) in [5.41, 5.74) is 10.8. The molecule has 9 aromatic carbocycles. The molecule has 53 heavy (non-hydrogen) atoms. The van der Waals surface area contributed by atoms with E-state index in [-0.39, 0.29) is 0 Å². The molecule has 0 spiro atoms. The van der Waals surface area contributed by atoms with Crippen LogP contribution in [-0.2, 0) is 0 Å². The Morgan fingerprint density at radius 3 is 1.79 bits per heavy atom. The van der Waals surface area contributed by atoms with Gasteiger partial charge in [0.25, 0.3) is 0 Å². The SMILES string of the molecule is c1cc(-c2ccc3c4nc5ccccc5cc4c4nc5ccccc5n4c3c2)cc(-c2cc3c4ccccc4c4ccccc4c3c3ccccc23)c1. The molecule has 3 heterocycles. The summed E-state index contributed by atoms with van der Waals surface area (Å²) in [6.45, 7) is 0. The largest absolute Gasteiger partial charge is 0.292 e. The quantitative estimate of drug-likeness (QED) is 0.135. The maximum atomic E-state index is 5.22. The van der Waals surface area contributed by atoms with Crippen LogP contribution in [0.3, 0.4) is 0 Å². The highest BCUT2D eigenvalue weighted by Crippen LogP contribution is 2.43. The van der Waals surface area contributed by atoms with Crippen LogP contribution in [-0.4, -0.2) is 14.4 Å². The van der Waals surface area contributed by atoms with E-state index in [2.05, 4.69) is 180 Å². The zero-order chi connectivity index (χ0) is 34.6. The number of fused-ring (bicyclic) bond motifs is 17. The molecular formula is C50H29N3. The van der Waals surface area contributed by atoms with Gasteiger partial charge in [0.05, 0.1) is 27.6 Å². The van der Waals surface area contributed by atoms with Crippen LogP contribution in [0.5, 0.6) is 0 Å². The first kappa shape index (κ1) is 28.6. The molecule has 3 heteroatoms. The number of nitrogens with zero attached hydrogens (tertiary/aromatic N) is 3. The van der Waals surface area contributed by atoms with Gasteiger partial charge in [-0.2, -0.15) is 0 Å². The topological polar surface area (TPSA) is 30.2 Å². The maximum absolute atomic E-state index is 5.22. The fourth-order valence-electron chi connectivity index (χ4n) is 8.91. The maximum Gasteiger partial charge on any atom is 0.147 e. The van der Waals surface area contributed by atoms with E-state index in [1.807, 2.05) is 0 Å². The van der Waals surface area contributed by atoms with E-state index < -0.39 is 0 Å². The molecule has 0 aliphatic rings. The van der Waals surface area contributed by atoms with Gasteiger partial charge in [0.15, 0.2) is 0 Å². The second-order valence-electron chi connectivity index (χ2n) is 14.1. The highest BCUT2D eigenvalue weighted by atomic mass is 15.0. The lowest BCUT2D eigenvalue weighted by molar-refractivity contribution is 1.31. The first-order chi connectivity index (χ1) is 26.3. The number of rotatable bonds is 2. The van der Waals surface area contributed by atoms with E-state index in [9.17, 15) is 0 Å². The average Bonchev–Trinajstić information content (AvgIpc) is 3.63. The van der Waals surface area contributed by atoms with Gasteiger partial charge < -0.3 is 0 Å². The molecule has 0 aliphatic carbocycles. The minimum Gasteiger partial charge on any atom is -0.292 e. The molecular weight excluding hydrogens is 643 g/mol. The Kier molecular flexibility index (Phi) is 5.77. The molecule has 0 atom stereocenters. The van der Waals surface area contributed by atoms with Gasteiger partial charge in [0, 0.05) is 16.2 Å². The van der Waals surface area contributed by atoms with E-state index in [0.29, 0.717) is 0 Å². The second-order valence-corrected chi connectivity index (χ2v) is 14.1. The summed E-state index contributed by atoms with van der Waals surface area (Å²) in [5.74, 6) is 0. The van der Waals surface area contributed by atoms with Crippen LogP contribution in [0.4, 0.5) is 0 Å². The average molecular weight is 672 g/mol. The van der Waals surface area contributed by atoms with E-state index in [4.69, 9.17) is 9.97 Å². The van der Waals surface area contributed by atoms with Crippen LogP contribution in [0.2, 0.25) is 0 Å². The van der Waals surface area contributed by atoms with Crippen LogP contribution in [0, 0.1) is 0 Å². The Morgan fingerprint density at radius 2 is 0.962 bits per heavy atom. The summed E-state index contributed by atoms with van der Waals surface area (Å²) in [7, 11) is 0. The van der Waals surface area contributed by atoms with Gasteiger partial charge in [-0.25, -0.2) is 9.97 Å². The zero-order valence-electron chi connectivity index (χ0n) is 28.6. The molecule has 0 N–H and O–H groups in total. The minimum absolute atomic E-state index is 0.931. The highest BCUT2D eigenvalue weighted by molar-refractivity contribution is 6.33. The summed E-state index contributed by atoms with van der Waals surface area (Å²) in [6, 6.07) is 63.9. The third-order valence-corrected chi connectivity index (χ3v) is 11.3. The standard InChI is InChI=1S/C50H29N3/c1-8-21-44-33(12-1)27-43-49(51-44)40-25-24-31(28-47(40)53-46-23-10-9-22-45(46)52-50(43)53)30-13-11-14-32(26-30)41-29-42-36-17-3-2-15-34(36)35-16-4-6-19-38(35)48(42)39-20-7-5-18-37(39)41/h1-29H. The Bertz CT molecular complexity index is 3520. The predicted molar refractivity (Wildman–Crippen MR) is 224 cm³/mol. The molecule has 12 rings (SSSR count). The van der Waals surface area contributed by atoms with Gasteiger partial charge in [-0.3, -0.25) is 4.40 Å². The Balaban J connectivity index is 1.12. The summed E-state index contributed by atoms with van der Waals surface area (Å²) in [5, 5.41) is 13.6. The van der Waals surface area contributed by atoms with Crippen molar-refractivity contribution in [3.8, 4) is 22.3 Å². The van der Waals surface area contributed by atoms with Crippen LogP contribution in [0.15, 0.2) is 176 Å². The predicted octanol–water partition coefficient (Wildman–Crippen LogP) is 13.3. The molecule has 0 bridgehead atoms. The molecule has 0 unspecified atom stereocenters. The summed E-state index contributed by atoms with van der Waals surface area (Å²) >= 11 is 0. The van der Waals surface area contributed by atoms with E-state index in [1.165, 1.54) is 59.8 Å². The van der Waals surface area contributed by atoms with Crippen molar-refractivity contribution in [2.24, 2.45) is 0 Å². The monoisotopic (exact) mass is 671 g/mol. The lowest BCUT2D eigenvalue weighted by Crippen LogP contribution is -1.94. The van der Waals surface area contributed by atoms with Crippen molar-refractivity contribution in [3.05, 3.63) is 176 Å². The van der Waals surface area contributed by atoms with E-state index in [1.54, 1.807) is 0 Å². The Morgan fingerprint density at radius 1 is 0.340 bits per heavy atom. The smallest absolute Gasteiger partial charge is 0.147 e. The van der Waals surface area contributed by atoms with Crippen LogP contribution in [0.25, 0.3) is 115 Å². The lowest BCUT2D eigenvalue weighted by Gasteiger charge is -2.16. The number of para-hydroxylation sites is 3. The van der Waals surface area contributed by atoms with Gasteiger partial charge in [0.1, 0.15) is 5.65 Å². The Labute approximate surface area is 304 Å². The number of pyridine rings is 2. The number of imidazole rings is 1. The molecule has 0 fully saturated rings. The van der Waals surface area contributed by atoms with Crippen LogP contribution >= 0.6 is 0 Å². The van der Waals surface area contributed by atoms with E-state index >= 15 is 0 Å². The van der Waals surface area contributed by atoms with Gasteiger partial charge in [-0.1, -0.05) is 133 Å². The molecule has 3 aromatic heterocycles. The fourth-order valence-corrected chi connectivity index (χ4v) is 8.91. The van der Waals surface area contributed by atoms with Gasteiger partial charge in [-0.15, -0.1) is 0 Å². The van der Waals surface area contributed by atoms with Gasteiger partial charge >= 0.3 is 0 Å². The fraction of sp³-hybridized carbons (Fsp3) is 0. The normalized spacial score (nSPS) is 12.2. The summed E-state index contributed by atoms with van der Waals surface area (Å²) in [6.07, 6.45) is 0. The van der Waals surface area contributed by atoms with Crippen molar-refractivity contribution in [1.82, 2.24) is 14.4 Å². The zero-order valence-corrected chi connectivity index (χ0v) is 28.6. The lowest BCUT2D eigenvalue weighted by atomic mass is 9.87. The minimum atomic E-state index is 0.931. The van der Waals surface area contributed by atoms with Gasteiger partial charge in [-0.05, 0) is 108 Å². The van der Waals surface area contributed by atoms with Crippen LogP contribution in [0.1, 0.15) is 0 Å². The highest BCUT2D eigenvalue weighted by Gasteiger charge is 2.18. The first-order valence-corrected chi connectivity index (χ1v) is 18.2. The van der Waals surface area contributed by atoms with Crippen LogP contribution < -0.4 is 0 Å². The molecule has 12 aromatic rings. The Hall–Kier alpha value is -7.10. The molecule has 0 aliphatic heterocycles. The van der Waals surface area contributed by atoms with Crippen molar-refractivity contribution in [2.75, 3.05) is 0 Å². The number of benzene rings is 9. The van der Waals surface area contributed by atoms with Crippen molar-refractivity contribution in [2.45, 2.75) is 0 Å². The molecule has 3 nitrogen and oxygen atoms in total. The third-order valence-electron chi connectivity index (χ3n) is 11.3. The van der Waals surface area contributed by atoms with Crippen molar-refractivity contribution >= 4 is 92.5 Å². The molecule has 244 valence electrons. The number of hydrogen-bond acceptors (Lipinski definition) is 2. The number of aromatic nitrogens is 3. The van der Waals surface area contributed by atoms with Crippen molar-refractivity contribution in [1.29, 1.82) is 0 Å². The molecule has 0 amide bonds. The molecule has 0 saturated carbocycles. The summed E-state index contributed by atoms with van der Waals surface area (Å²) in [4.78, 5) is 10.4. The summed E-state index contributed by atoms with van der Waals surface area (Å²) < 4.78 is 2.32.